The number of hydrogen-bond donors (Lipinski definition) is 2. The Kier molecular flexibility index (Phi) is 9.32. The van der Waals surface area contributed by atoms with E-state index in [4.69, 9.17) is 23.2 Å². The standard InChI is InChI=1S/C14H19NO.C8H7Cl2NO/c1-11-5-4-6-12(9-11)10-15-14(16)13-7-2-3-8-13;9-7-1-6(4-11-5-12)2-8(10)3-7/h4-6,9,13H,2-3,7-8,10H2,1H3,(H,15,16);1-3,5H,4H2,(H,11,12). The molecule has 0 aliphatic heterocycles. The maximum Gasteiger partial charge on any atom is 0.223 e. The molecule has 6 heteroatoms. The van der Waals surface area contributed by atoms with Gasteiger partial charge in [-0.15, -0.1) is 0 Å². The molecule has 0 unspecified atom stereocenters. The van der Waals surface area contributed by atoms with Crippen molar-refractivity contribution in [3.8, 4) is 0 Å². The lowest BCUT2D eigenvalue weighted by Crippen LogP contribution is -2.28. The Balaban J connectivity index is 0.000000209. The normalized spacial score (nSPS) is 13.4. The second-order valence-electron chi connectivity index (χ2n) is 6.96. The number of rotatable bonds is 6. The van der Waals surface area contributed by atoms with E-state index in [0.717, 1.165) is 18.4 Å². The van der Waals surface area contributed by atoms with Gasteiger partial charge >= 0.3 is 0 Å². The van der Waals surface area contributed by atoms with E-state index in [-0.39, 0.29) is 11.8 Å². The van der Waals surface area contributed by atoms with Crippen molar-refractivity contribution in [3.63, 3.8) is 0 Å². The van der Waals surface area contributed by atoms with Crippen LogP contribution in [0.4, 0.5) is 0 Å². The van der Waals surface area contributed by atoms with Crippen molar-refractivity contribution in [2.24, 2.45) is 5.92 Å². The highest BCUT2D eigenvalue weighted by molar-refractivity contribution is 6.34. The summed E-state index contributed by atoms with van der Waals surface area (Å²) in [5.74, 6) is 0.504. The Hall–Kier alpha value is -2.04. The van der Waals surface area contributed by atoms with Gasteiger partial charge in [0.15, 0.2) is 0 Å². The van der Waals surface area contributed by atoms with E-state index in [1.165, 1.54) is 24.0 Å². The number of aryl methyl sites for hydroxylation is 1. The minimum atomic E-state index is 0.235. The molecule has 0 atom stereocenters. The first kappa shape index (κ1) is 22.3. The molecule has 0 radical (unpaired) electrons. The maximum absolute atomic E-state index is 11.8. The Morgan fingerprint density at radius 2 is 1.71 bits per heavy atom. The minimum Gasteiger partial charge on any atom is -0.355 e. The molecule has 1 aliphatic rings. The molecule has 1 aliphatic carbocycles. The van der Waals surface area contributed by atoms with E-state index in [1.54, 1.807) is 18.2 Å². The molecule has 28 heavy (non-hydrogen) atoms. The number of hydrogen-bond acceptors (Lipinski definition) is 2. The first-order valence-electron chi connectivity index (χ1n) is 9.43. The zero-order valence-electron chi connectivity index (χ0n) is 16.0. The van der Waals surface area contributed by atoms with Crippen LogP contribution in [0, 0.1) is 12.8 Å². The Labute approximate surface area is 176 Å². The van der Waals surface area contributed by atoms with Gasteiger partial charge in [-0.05, 0) is 49.1 Å². The number of carbonyl (C=O) groups excluding carboxylic acids is 2. The van der Waals surface area contributed by atoms with Gasteiger partial charge in [0.1, 0.15) is 0 Å². The molecule has 0 spiro atoms. The third kappa shape index (κ3) is 7.91. The van der Waals surface area contributed by atoms with Crippen LogP contribution in [0.2, 0.25) is 10.0 Å². The van der Waals surface area contributed by atoms with Crippen LogP contribution in [0.5, 0.6) is 0 Å². The first-order valence-corrected chi connectivity index (χ1v) is 10.2. The first-order chi connectivity index (χ1) is 13.5. The van der Waals surface area contributed by atoms with Crippen molar-refractivity contribution in [2.45, 2.75) is 45.7 Å². The summed E-state index contributed by atoms with van der Waals surface area (Å²) >= 11 is 11.5. The second-order valence-corrected chi connectivity index (χ2v) is 7.84. The monoisotopic (exact) mass is 420 g/mol. The Morgan fingerprint density at radius 3 is 2.32 bits per heavy atom. The quantitative estimate of drug-likeness (QED) is 0.642. The van der Waals surface area contributed by atoms with E-state index >= 15 is 0 Å². The predicted molar refractivity (Wildman–Crippen MR) is 114 cm³/mol. The van der Waals surface area contributed by atoms with Crippen molar-refractivity contribution >= 4 is 35.5 Å². The second kappa shape index (κ2) is 11.7. The van der Waals surface area contributed by atoms with Gasteiger partial charge < -0.3 is 10.6 Å². The summed E-state index contributed by atoms with van der Waals surface area (Å²) in [7, 11) is 0. The third-order valence-electron chi connectivity index (χ3n) is 4.59. The van der Waals surface area contributed by atoms with Crippen LogP contribution in [0.3, 0.4) is 0 Å². The van der Waals surface area contributed by atoms with E-state index in [9.17, 15) is 9.59 Å². The Bertz CT molecular complexity index is 770. The molecular formula is C22H26Cl2N2O2. The van der Waals surface area contributed by atoms with Gasteiger partial charge in [0, 0.05) is 29.1 Å². The zero-order chi connectivity index (χ0) is 20.4. The number of nitrogens with one attached hydrogen (secondary N) is 2. The molecule has 4 nitrogen and oxygen atoms in total. The molecule has 0 heterocycles. The number of benzene rings is 2. The van der Waals surface area contributed by atoms with Crippen molar-refractivity contribution in [1.82, 2.24) is 10.6 Å². The molecule has 2 aromatic carbocycles. The highest BCUT2D eigenvalue weighted by atomic mass is 35.5. The molecule has 1 saturated carbocycles. The van der Waals surface area contributed by atoms with Crippen LogP contribution < -0.4 is 10.6 Å². The summed E-state index contributed by atoms with van der Waals surface area (Å²) < 4.78 is 0. The SMILES string of the molecule is Cc1cccc(CNC(=O)C2CCCC2)c1.O=CNCc1cc(Cl)cc(Cl)c1. The number of amides is 2. The fraction of sp³-hybridized carbons (Fsp3) is 0.364. The Morgan fingerprint density at radius 1 is 1.04 bits per heavy atom. The van der Waals surface area contributed by atoms with Crippen LogP contribution in [-0.4, -0.2) is 12.3 Å². The summed E-state index contributed by atoms with van der Waals surface area (Å²) in [6.07, 6.45) is 5.19. The lowest BCUT2D eigenvalue weighted by atomic mass is 10.1. The molecule has 150 valence electrons. The van der Waals surface area contributed by atoms with Gasteiger partial charge in [-0.2, -0.15) is 0 Å². The van der Waals surface area contributed by atoms with Gasteiger partial charge in [-0.1, -0.05) is 65.9 Å². The van der Waals surface area contributed by atoms with Crippen LogP contribution in [0.15, 0.2) is 42.5 Å². The average molecular weight is 421 g/mol. The smallest absolute Gasteiger partial charge is 0.223 e. The third-order valence-corrected chi connectivity index (χ3v) is 5.02. The van der Waals surface area contributed by atoms with Gasteiger partial charge in [-0.3, -0.25) is 9.59 Å². The molecule has 1 fully saturated rings. The van der Waals surface area contributed by atoms with Gasteiger partial charge in [0.05, 0.1) is 0 Å². The largest absolute Gasteiger partial charge is 0.355 e. The van der Waals surface area contributed by atoms with E-state index < -0.39 is 0 Å². The summed E-state index contributed by atoms with van der Waals surface area (Å²) in [6, 6.07) is 13.4. The van der Waals surface area contributed by atoms with Crippen LogP contribution in [-0.2, 0) is 22.7 Å². The van der Waals surface area contributed by atoms with Crippen molar-refractivity contribution in [3.05, 3.63) is 69.2 Å². The van der Waals surface area contributed by atoms with Gasteiger partial charge in [-0.25, -0.2) is 0 Å². The highest BCUT2D eigenvalue weighted by Gasteiger charge is 2.21. The van der Waals surface area contributed by atoms with Crippen LogP contribution in [0.1, 0.15) is 42.4 Å². The number of halogens is 2. The summed E-state index contributed by atoms with van der Waals surface area (Å²) in [5.41, 5.74) is 3.32. The summed E-state index contributed by atoms with van der Waals surface area (Å²) in [6.45, 7) is 3.18. The number of carbonyl (C=O) groups is 2. The summed E-state index contributed by atoms with van der Waals surface area (Å²) in [4.78, 5) is 21.8. The summed E-state index contributed by atoms with van der Waals surface area (Å²) in [5, 5.41) is 6.70. The highest BCUT2D eigenvalue weighted by Crippen LogP contribution is 2.24. The molecule has 2 N–H and O–H groups in total. The molecule has 0 saturated heterocycles. The van der Waals surface area contributed by atoms with Crippen molar-refractivity contribution in [1.29, 1.82) is 0 Å². The minimum absolute atomic E-state index is 0.235. The molecule has 2 aromatic rings. The van der Waals surface area contributed by atoms with Gasteiger partial charge in [0.2, 0.25) is 12.3 Å². The lowest BCUT2D eigenvalue weighted by Gasteiger charge is -2.10. The van der Waals surface area contributed by atoms with Crippen LogP contribution in [0.25, 0.3) is 0 Å². The van der Waals surface area contributed by atoms with Crippen molar-refractivity contribution in [2.75, 3.05) is 0 Å². The van der Waals surface area contributed by atoms with E-state index in [0.29, 0.717) is 29.5 Å². The van der Waals surface area contributed by atoms with E-state index in [1.807, 2.05) is 6.07 Å². The molecule has 2 amide bonds. The maximum atomic E-state index is 11.8. The fourth-order valence-corrected chi connectivity index (χ4v) is 3.79. The predicted octanol–water partition coefficient (Wildman–Crippen LogP) is 5.04. The molecule has 3 rings (SSSR count). The molecular weight excluding hydrogens is 395 g/mol. The lowest BCUT2D eigenvalue weighted by molar-refractivity contribution is -0.125. The van der Waals surface area contributed by atoms with E-state index in [2.05, 4.69) is 35.8 Å². The molecule has 0 aromatic heterocycles. The average Bonchev–Trinajstić information content (AvgIpc) is 3.19. The topological polar surface area (TPSA) is 58.2 Å². The van der Waals surface area contributed by atoms with Gasteiger partial charge in [0.25, 0.3) is 0 Å². The van der Waals surface area contributed by atoms with Crippen molar-refractivity contribution < 1.29 is 9.59 Å². The fourth-order valence-electron chi connectivity index (χ4n) is 3.22. The zero-order valence-corrected chi connectivity index (χ0v) is 17.5. The van der Waals surface area contributed by atoms with Crippen LogP contribution >= 0.6 is 23.2 Å². The molecule has 0 bridgehead atoms.